The molecule has 8 heteroatoms. The van der Waals surface area contributed by atoms with Gasteiger partial charge < -0.3 is 9.47 Å². The maximum Gasteiger partial charge on any atom is 0.168 e. The summed E-state index contributed by atoms with van der Waals surface area (Å²) >= 11 is 0. The van der Waals surface area contributed by atoms with Crippen LogP contribution in [0.15, 0.2) is 72.0 Å². The van der Waals surface area contributed by atoms with Gasteiger partial charge in [-0.1, -0.05) is 30.7 Å². The highest BCUT2D eigenvalue weighted by Crippen LogP contribution is 2.31. The fourth-order valence-corrected chi connectivity index (χ4v) is 5.64. The summed E-state index contributed by atoms with van der Waals surface area (Å²) in [6, 6.07) is 15.9. The standard InChI is InChI=1S/C28H30N4O3S/c1-36(33)25-7-5-6-22(14-25)26-16-30-32-17-23(15-29-27(26)32)21-8-10-24(11-9-21)35-28(19-34-20-28)18-31-12-3-2-4-13-31/h5-11,14-17H,2-4,12-13,18-20H2,1H3. The van der Waals surface area contributed by atoms with Gasteiger partial charge in [-0.15, -0.1) is 0 Å². The number of likely N-dealkylation sites (tertiary alicyclic amines) is 1. The van der Waals surface area contributed by atoms with Gasteiger partial charge in [0.2, 0.25) is 0 Å². The molecule has 2 aliphatic heterocycles. The lowest BCUT2D eigenvalue weighted by atomic mass is 9.99. The van der Waals surface area contributed by atoms with Crippen LogP contribution in [0.4, 0.5) is 0 Å². The Morgan fingerprint density at radius 2 is 1.81 bits per heavy atom. The number of hydrogen-bond donors (Lipinski definition) is 0. The summed E-state index contributed by atoms with van der Waals surface area (Å²) < 4.78 is 25.7. The Balaban J connectivity index is 1.20. The normalized spacial score (nSPS) is 18.6. The van der Waals surface area contributed by atoms with Crippen molar-refractivity contribution in [1.82, 2.24) is 19.5 Å². The van der Waals surface area contributed by atoms with Gasteiger partial charge in [-0.05, 0) is 61.3 Å². The van der Waals surface area contributed by atoms with E-state index in [0.717, 1.165) is 58.2 Å². The van der Waals surface area contributed by atoms with Gasteiger partial charge in [0.1, 0.15) is 5.75 Å². The van der Waals surface area contributed by atoms with E-state index in [1.54, 1.807) is 10.8 Å². The molecule has 2 saturated heterocycles. The molecule has 0 N–H and O–H groups in total. The molecule has 1 unspecified atom stereocenters. The molecule has 7 nitrogen and oxygen atoms in total. The van der Waals surface area contributed by atoms with Crippen molar-refractivity contribution in [2.75, 3.05) is 39.1 Å². The number of benzene rings is 2. The highest BCUT2D eigenvalue weighted by atomic mass is 32.2. The number of nitrogens with zero attached hydrogens (tertiary/aromatic N) is 4. The predicted octanol–water partition coefficient (Wildman–Crippen LogP) is 4.43. The second-order valence-corrected chi connectivity index (χ2v) is 11.2. The lowest BCUT2D eigenvalue weighted by molar-refractivity contribution is -0.172. The zero-order chi connectivity index (χ0) is 24.5. The van der Waals surface area contributed by atoms with Crippen LogP contribution in [0.1, 0.15) is 19.3 Å². The lowest BCUT2D eigenvalue weighted by Gasteiger charge is -2.45. The Morgan fingerprint density at radius 1 is 1.00 bits per heavy atom. The van der Waals surface area contributed by atoms with Gasteiger partial charge in [-0.25, -0.2) is 9.50 Å². The number of piperidine rings is 1. The van der Waals surface area contributed by atoms with E-state index in [-0.39, 0.29) is 5.60 Å². The van der Waals surface area contributed by atoms with Crippen molar-refractivity contribution >= 4 is 16.4 Å². The Hall–Kier alpha value is -3.07. The van der Waals surface area contributed by atoms with E-state index in [9.17, 15) is 4.21 Å². The first-order valence-electron chi connectivity index (χ1n) is 12.5. The zero-order valence-electron chi connectivity index (χ0n) is 20.4. The molecule has 0 saturated carbocycles. The molecule has 1 atom stereocenters. The lowest BCUT2D eigenvalue weighted by Crippen LogP contribution is -2.61. The molecule has 4 heterocycles. The molecule has 4 aromatic rings. The van der Waals surface area contributed by atoms with Crippen molar-refractivity contribution in [3.05, 3.63) is 67.1 Å². The van der Waals surface area contributed by atoms with Gasteiger partial charge in [-0.2, -0.15) is 5.10 Å². The van der Waals surface area contributed by atoms with Crippen molar-refractivity contribution in [2.45, 2.75) is 29.8 Å². The molecule has 2 fully saturated rings. The summed E-state index contributed by atoms with van der Waals surface area (Å²) in [5, 5.41) is 4.53. The fourth-order valence-electron chi connectivity index (χ4n) is 5.07. The molecule has 36 heavy (non-hydrogen) atoms. The summed E-state index contributed by atoms with van der Waals surface area (Å²) in [5.74, 6) is 0.864. The zero-order valence-corrected chi connectivity index (χ0v) is 21.2. The summed E-state index contributed by atoms with van der Waals surface area (Å²) in [7, 11) is -1.04. The first-order chi connectivity index (χ1) is 17.6. The average molecular weight is 503 g/mol. The first kappa shape index (κ1) is 23.3. The summed E-state index contributed by atoms with van der Waals surface area (Å²) in [6.45, 7) is 4.51. The molecule has 0 spiro atoms. The average Bonchev–Trinajstić information content (AvgIpc) is 3.32. The van der Waals surface area contributed by atoms with Gasteiger partial charge in [0.05, 0.1) is 19.4 Å². The number of fused-ring (bicyclic) bond motifs is 1. The molecule has 2 aliphatic rings. The van der Waals surface area contributed by atoms with Crippen molar-refractivity contribution in [3.63, 3.8) is 0 Å². The molecular weight excluding hydrogens is 472 g/mol. The summed E-state index contributed by atoms with van der Waals surface area (Å²) in [4.78, 5) is 8.01. The van der Waals surface area contributed by atoms with Crippen molar-refractivity contribution in [1.29, 1.82) is 0 Å². The fraction of sp³-hybridized carbons (Fsp3) is 0.357. The number of hydrogen-bond acceptors (Lipinski definition) is 6. The Bertz CT molecular complexity index is 1390. The number of rotatable bonds is 7. The van der Waals surface area contributed by atoms with Crippen LogP contribution in [0.25, 0.3) is 27.9 Å². The topological polar surface area (TPSA) is 69.0 Å². The summed E-state index contributed by atoms with van der Waals surface area (Å²) in [5.41, 5.74) is 4.42. The maximum atomic E-state index is 11.9. The molecule has 0 amide bonds. The van der Waals surface area contributed by atoms with Crippen molar-refractivity contribution in [3.8, 4) is 28.0 Å². The largest absolute Gasteiger partial charge is 0.481 e. The third kappa shape index (κ3) is 4.68. The Morgan fingerprint density at radius 3 is 2.53 bits per heavy atom. The maximum absolute atomic E-state index is 11.9. The third-order valence-corrected chi connectivity index (χ3v) is 7.96. The van der Waals surface area contributed by atoms with Gasteiger partial charge in [0, 0.05) is 52.0 Å². The van der Waals surface area contributed by atoms with Crippen LogP contribution in [-0.2, 0) is 15.5 Å². The molecule has 0 radical (unpaired) electrons. The molecule has 186 valence electrons. The van der Waals surface area contributed by atoms with E-state index in [1.807, 2.05) is 55.0 Å². The van der Waals surface area contributed by atoms with Crippen LogP contribution < -0.4 is 4.74 Å². The van der Waals surface area contributed by atoms with E-state index in [0.29, 0.717) is 13.2 Å². The highest BCUT2D eigenvalue weighted by molar-refractivity contribution is 7.84. The van der Waals surface area contributed by atoms with E-state index in [1.165, 1.54) is 19.3 Å². The second-order valence-electron chi connectivity index (χ2n) is 9.79. The minimum Gasteiger partial charge on any atom is -0.481 e. The Kier molecular flexibility index (Phi) is 6.33. The van der Waals surface area contributed by atoms with Gasteiger partial charge in [0.25, 0.3) is 0 Å². The molecule has 2 aromatic heterocycles. The molecule has 0 aliphatic carbocycles. The van der Waals surface area contributed by atoms with Gasteiger partial charge >= 0.3 is 0 Å². The minimum absolute atomic E-state index is 0.244. The monoisotopic (exact) mass is 502 g/mol. The van der Waals surface area contributed by atoms with Gasteiger partial charge in [-0.3, -0.25) is 9.11 Å². The van der Waals surface area contributed by atoms with E-state index in [2.05, 4.69) is 22.1 Å². The van der Waals surface area contributed by atoms with E-state index in [4.69, 9.17) is 14.5 Å². The second kappa shape index (κ2) is 9.76. The summed E-state index contributed by atoms with van der Waals surface area (Å²) in [6.07, 6.45) is 11.2. The predicted molar refractivity (Wildman–Crippen MR) is 141 cm³/mol. The van der Waals surface area contributed by atoms with Crippen LogP contribution in [-0.4, -0.2) is 68.4 Å². The van der Waals surface area contributed by atoms with Crippen LogP contribution in [0.5, 0.6) is 5.75 Å². The smallest absolute Gasteiger partial charge is 0.168 e. The van der Waals surface area contributed by atoms with Crippen molar-refractivity contribution < 1.29 is 13.7 Å². The molecular formula is C28H30N4O3S. The SMILES string of the molecule is CS(=O)c1cccc(-c2cnn3cc(-c4ccc(OC5(CN6CCCCC6)COC5)cc4)cnc23)c1. The number of aromatic nitrogens is 3. The molecule has 6 rings (SSSR count). The van der Waals surface area contributed by atoms with Crippen molar-refractivity contribution in [2.24, 2.45) is 0 Å². The van der Waals surface area contributed by atoms with Crippen LogP contribution >= 0.6 is 0 Å². The quantitative estimate of drug-likeness (QED) is 0.372. The molecule has 0 bridgehead atoms. The van der Waals surface area contributed by atoms with E-state index < -0.39 is 10.8 Å². The van der Waals surface area contributed by atoms with Crippen LogP contribution in [0, 0.1) is 0 Å². The van der Waals surface area contributed by atoms with Gasteiger partial charge in [0.15, 0.2) is 11.2 Å². The van der Waals surface area contributed by atoms with E-state index >= 15 is 0 Å². The number of ether oxygens (including phenoxy) is 2. The molecule has 2 aromatic carbocycles. The Labute approximate surface area is 213 Å². The van der Waals surface area contributed by atoms with Crippen LogP contribution in [0.2, 0.25) is 0 Å². The minimum atomic E-state index is -1.04. The first-order valence-corrected chi connectivity index (χ1v) is 14.0. The highest BCUT2D eigenvalue weighted by Gasteiger charge is 2.42. The van der Waals surface area contributed by atoms with Crippen LogP contribution in [0.3, 0.4) is 0 Å². The third-order valence-electron chi connectivity index (χ3n) is 7.05.